The molecule has 0 saturated carbocycles. The highest BCUT2D eigenvalue weighted by Crippen LogP contribution is 2.40. The van der Waals surface area contributed by atoms with Crippen molar-refractivity contribution in [3.05, 3.63) is 33.3 Å². The van der Waals surface area contributed by atoms with Crippen molar-refractivity contribution in [1.82, 2.24) is 0 Å². The SMILES string of the molecule is CCOC(=N)C(CCCCl)c1ccc(C(C)(C)C#N)c(Cl)c1Cl.Cl. The Kier molecular flexibility index (Phi) is 10.1. The lowest BCUT2D eigenvalue weighted by Gasteiger charge is -2.23. The van der Waals surface area contributed by atoms with E-state index in [-0.39, 0.29) is 24.2 Å². The van der Waals surface area contributed by atoms with Gasteiger partial charge in [0.15, 0.2) is 5.90 Å². The van der Waals surface area contributed by atoms with Crippen LogP contribution >= 0.6 is 47.2 Å². The normalized spacial score (nSPS) is 12.0. The molecule has 3 nitrogen and oxygen atoms in total. The molecule has 7 heteroatoms. The fourth-order valence-electron chi connectivity index (χ4n) is 2.34. The van der Waals surface area contributed by atoms with Gasteiger partial charge in [0.2, 0.25) is 0 Å². The van der Waals surface area contributed by atoms with E-state index in [2.05, 4.69) is 6.07 Å². The third-order valence-corrected chi connectivity index (χ3v) is 4.85. The Morgan fingerprint density at radius 2 is 1.96 bits per heavy atom. The molecule has 1 aromatic rings. The largest absolute Gasteiger partial charge is 0.481 e. The summed E-state index contributed by atoms with van der Waals surface area (Å²) in [6.45, 7) is 5.83. The summed E-state index contributed by atoms with van der Waals surface area (Å²) >= 11 is 18.6. The molecule has 0 aliphatic heterocycles. The van der Waals surface area contributed by atoms with Crippen molar-refractivity contribution in [2.45, 2.75) is 44.9 Å². The number of hydrogen-bond acceptors (Lipinski definition) is 3. The second-order valence-corrected chi connectivity index (χ2v) is 6.88. The van der Waals surface area contributed by atoms with Gasteiger partial charge in [0.05, 0.1) is 34.1 Å². The first-order chi connectivity index (χ1) is 10.8. The number of nitriles is 1. The molecule has 0 amide bonds. The van der Waals surface area contributed by atoms with Crippen LogP contribution in [0.15, 0.2) is 12.1 Å². The molecular weight excluding hydrogens is 390 g/mol. The number of ether oxygens (including phenoxy) is 1. The molecule has 0 saturated heterocycles. The predicted octanol–water partition coefficient (Wildman–Crippen LogP) is 6.33. The molecule has 1 atom stereocenters. The van der Waals surface area contributed by atoms with Gasteiger partial charge in [-0.15, -0.1) is 24.0 Å². The zero-order valence-electron chi connectivity index (χ0n) is 14.0. The number of rotatable bonds is 7. The smallest absolute Gasteiger partial charge is 0.188 e. The third kappa shape index (κ3) is 5.43. The Labute approximate surface area is 165 Å². The van der Waals surface area contributed by atoms with Gasteiger partial charge in [-0.25, -0.2) is 0 Å². The molecule has 0 spiro atoms. The Bertz CT molecular complexity index is 611. The lowest BCUT2D eigenvalue weighted by molar-refractivity contribution is 0.305. The molecule has 0 aromatic heterocycles. The van der Waals surface area contributed by atoms with Gasteiger partial charge in [0.25, 0.3) is 0 Å². The van der Waals surface area contributed by atoms with E-state index >= 15 is 0 Å². The maximum absolute atomic E-state index is 9.30. The summed E-state index contributed by atoms with van der Waals surface area (Å²) in [5.41, 5.74) is 0.672. The molecule has 1 aromatic carbocycles. The van der Waals surface area contributed by atoms with E-state index in [4.69, 9.17) is 44.9 Å². The van der Waals surface area contributed by atoms with Crippen LogP contribution in [0, 0.1) is 16.7 Å². The molecule has 0 radical (unpaired) electrons. The average molecular weight is 412 g/mol. The Morgan fingerprint density at radius 3 is 2.46 bits per heavy atom. The lowest BCUT2D eigenvalue weighted by atomic mass is 9.84. The fourth-order valence-corrected chi connectivity index (χ4v) is 3.20. The molecule has 1 N–H and O–H groups in total. The molecule has 0 aliphatic carbocycles. The van der Waals surface area contributed by atoms with Crippen LogP contribution in [0.1, 0.15) is 50.7 Å². The molecular formula is C17H22Cl4N2O. The molecule has 0 bridgehead atoms. The molecule has 0 aliphatic rings. The van der Waals surface area contributed by atoms with Crippen LogP contribution in [0.4, 0.5) is 0 Å². The second kappa shape index (κ2) is 10.4. The van der Waals surface area contributed by atoms with Crippen molar-refractivity contribution in [3.8, 4) is 6.07 Å². The molecule has 0 heterocycles. The summed E-state index contributed by atoms with van der Waals surface area (Å²) in [7, 11) is 0. The van der Waals surface area contributed by atoms with Gasteiger partial charge in [-0.2, -0.15) is 5.26 Å². The quantitative estimate of drug-likeness (QED) is 0.323. The van der Waals surface area contributed by atoms with Crippen molar-refractivity contribution < 1.29 is 4.74 Å². The van der Waals surface area contributed by atoms with Crippen LogP contribution in [0.5, 0.6) is 0 Å². The Hall–Kier alpha value is -0.660. The number of nitrogens with zero attached hydrogens (tertiary/aromatic N) is 1. The Morgan fingerprint density at radius 1 is 1.33 bits per heavy atom. The lowest BCUT2D eigenvalue weighted by Crippen LogP contribution is -2.18. The molecule has 134 valence electrons. The molecule has 0 fully saturated rings. The highest BCUT2D eigenvalue weighted by atomic mass is 35.5. The maximum Gasteiger partial charge on any atom is 0.188 e. The minimum Gasteiger partial charge on any atom is -0.481 e. The minimum atomic E-state index is -0.738. The van der Waals surface area contributed by atoms with E-state index in [0.29, 0.717) is 34.5 Å². The summed E-state index contributed by atoms with van der Waals surface area (Å²) < 4.78 is 5.36. The van der Waals surface area contributed by atoms with Gasteiger partial charge in [-0.3, -0.25) is 5.41 Å². The van der Waals surface area contributed by atoms with Crippen LogP contribution in [0.3, 0.4) is 0 Å². The van der Waals surface area contributed by atoms with Crippen LogP contribution in [0.25, 0.3) is 0 Å². The van der Waals surface area contributed by atoms with Crippen molar-refractivity contribution in [3.63, 3.8) is 0 Å². The van der Waals surface area contributed by atoms with Gasteiger partial charge < -0.3 is 4.74 Å². The second-order valence-electron chi connectivity index (χ2n) is 5.75. The van der Waals surface area contributed by atoms with Crippen molar-refractivity contribution in [1.29, 1.82) is 10.7 Å². The monoisotopic (exact) mass is 410 g/mol. The maximum atomic E-state index is 9.30. The highest BCUT2D eigenvalue weighted by molar-refractivity contribution is 6.43. The van der Waals surface area contributed by atoms with Crippen LogP contribution < -0.4 is 0 Å². The fraction of sp³-hybridized carbons (Fsp3) is 0.529. The standard InChI is InChI=1S/C17H21Cl3N2O.ClH/c1-4-23-16(22)12(6-5-9-18)11-7-8-13(15(20)14(11)19)17(2,3)10-21;/h7-8,12,22H,4-6,9H2,1-3H3;1H. The Balaban J connectivity index is 0.00000529. The number of benzene rings is 1. The number of halogens is 4. The number of hydrogen-bond donors (Lipinski definition) is 1. The zero-order chi connectivity index (χ0) is 17.6. The van der Waals surface area contributed by atoms with Crippen molar-refractivity contribution >= 4 is 53.1 Å². The predicted molar refractivity (Wildman–Crippen MR) is 104 cm³/mol. The summed E-state index contributed by atoms with van der Waals surface area (Å²) in [5.74, 6) is 0.363. The van der Waals surface area contributed by atoms with Crippen LogP contribution in [0.2, 0.25) is 10.0 Å². The van der Waals surface area contributed by atoms with Crippen LogP contribution in [-0.2, 0) is 10.2 Å². The number of alkyl halides is 1. The summed E-state index contributed by atoms with van der Waals surface area (Å²) in [4.78, 5) is 0. The number of nitrogens with one attached hydrogen (secondary N) is 1. The van der Waals surface area contributed by atoms with Gasteiger partial charge in [-0.05, 0) is 44.7 Å². The minimum absolute atomic E-state index is 0. The van der Waals surface area contributed by atoms with E-state index in [1.165, 1.54) is 0 Å². The van der Waals surface area contributed by atoms with E-state index in [1.807, 2.05) is 13.0 Å². The summed E-state index contributed by atoms with van der Waals surface area (Å²) in [5, 5.41) is 18.1. The molecule has 1 unspecified atom stereocenters. The summed E-state index contributed by atoms with van der Waals surface area (Å²) in [6, 6.07) is 5.86. The van der Waals surface area contributed by atoms with E-state index in [0.717, 1.165) is 12.0 Å². The first kappa shape index (κ1) is 23.3. The van der Waals surface area contributed by atoms with E-state index in [1.54, 1.807) is 19.9 Å². The van der Waals surface area contributed by atoms with Crippen molar-refractivity contribution in [2.75, 3.05) is 12.5 Å². The first-order valence-corrected chi connectivity index (χ1v) is 8.76. The third-order valence-electron chi connectivity index (χ3n) is 3.68. The average Bonchev–Trinajstić information content (AvgIpc) is 2.51. The topological polar surface area (TPSA) is 56.9 Å². The first-order valence-electron chi connectivity index (χ1n) is 7.47. The molecule has 1 rings (SSSR count). The zero-order valence-corrected chi connectivity index (χ0v) is 17.0. The highest BCUT2D eigenvalue weighted by Gasteiger charge is 2.28. The van der Waals surface area contributed by atoms with Crippen LogP contribution in [-0.4, -0.2) is 18.4 Å². The van der Waals surface area contributed by atoms with Gasteiger partial charge in [0.1, 0.15) is 0 Å². The van der Waals surface area contributed by atoms with Gasteiger partial charge >= 0.3 is 0 Å². The van der Waals surface area contributed by atoms with E-state index in [9.17, 15) is 5.26 Å². The summed E-state index contributed by atoms with van der Waals surface area (Å²) in [6.07, 6.45) is 1.39. The van der Waals surface area contributed by atoms with Gasteiger partial charge in [-0.1, -0.05) is 35.3 Å². The van der Waals surface area contributed by atoms with E-state index < -0.39 is 5.41 Å². The van der Waals surface area contributed by atoms with Crippen molar-refractivity contribution in [2.24, 2.45) is 0 Å². The molecule has 24 heavy (non-hydrogen) atoms. The van der Waals surface area contributed by atoms with Gasteiger partial charge in [0, 0.05) is 5.88 Å².